The van der Waals surface area contributed by atoms with Crippen molar-refractivity contribution in [3.63, 3.8) is 0 Å². The van der Waals surface area contributed by atoms with Crippen molar-refractivity contribution in [3.8, 4) is 0 Å². The average Bonchev–Trinajstić information content (AvgIpc) is 2.62. The molecule has 0 aliphatic rings. The minimum atomic E-state index is -0.391. The fourth-order valence-corrected chi connectivity index (χ4v) is 2.34. The molecule has 0 unspecified atom stereocenters. The Labute approximate surface area is 155 Å². The van der Waals surface area contributed by atoms with Crippen molar-refractivity contribution < 1.29 is 9.59 Å². The van der Waals surface area contributed by atoms with Crippen LogP contribution in [0.5, 0.6) is 0 Å². The summed E-state index contributed by atoms with van der Waals surface area (Å²) in [6.07, 6.45) is 3.59. The number of hydrogen-bond donors (Lipinski definition) is 2. The lowest BCUT2D eigenvalue weighted by atomic mass is 10.1. The number of benzene rings is 2. The molecule has 0 aliphatic carbocycles. The molecule has 0 aliphatic heterocycles. The smallest absolute Gasteiger partial charge is 0.259 e. The van der Waals surface area contributed by atoms with Gasteiger partial charge in [-0.05, 0) is 33.1 Å². The lowest BCUT2D eigenvalue weighted by Crippen LogP contribution is -2.35. The van der Waals surface area contributed by atoms with E-state index in [0.717, 1.165) is 11.1 Å². The van der Waals surface area contributed by atoms with Gasteiger partial charge in [0, 0.05) is 4.48 Å². The molecule has 0 saturated heterocycles. The van der Waals surface area contributed by atoms with Crippen LogP contribution in [0.2, 0.25) is 0 Å². The van der Waals surface area contributed by atoms with Crippen LogP contribution in [0.4, 0.5) is 0 Å². The Morgan fingerprint density at radius 3 is 2.28 bits per heavy atom. The van der Waals surface area contributed by atoms with Gasteiger partial charge in [0.1, 0.15) is 0 Å². The minimum absolute atomic E-state index is 0.122. The summed E-state index contributed by atoms with van der Waals surface area (Å²) in [4.78, 5) is 23.4. The van der Waals surface area contributed by atoms with Gasteiger partial charge in [0.15, 0.2) is 0 Å². The van der Waals surface area contributed by atoms with Crippen LogP contribution in [0.15, 0.2) is 70.2 Å². The van der Waals surface area contributed by atoms with Gasteiger partial charge in [0.2, 0.25) is 5.91 Å². The van der Waals surface area contributed by atoms with Crippen molar-refractivity contribution in [1.29, 1.82) is 0 Å². The zero-order valence-corrected chi connectivity index (χ0v) is 15.1. The van der Waals surface area contributed by atoms with E-state index in [0.29, 0.717) is 4.48 Å². The van der Waals surface area contributed by atoms with Gasteiger partial charge in [0.05, 0.1) is 19.2 Å². The molecule has 2 aromatic rings. The Morgan fingerprint density at radius 1 is 0.960 bits per heavy atom. The van der Waals surface area contributed by atoms with Crippen LogP contribution in [0.1, 0.15) is 11.1 Å². The van der Waals surface area contributed by atoms with Crippen LogP contribution in [-0.4, -0.2) is 24.6 Å². The molecule has 0 bridgehead atoms. The number of nitrogens with one attached hydrogen (secondary N) is 2. The van der Waals surface area contributed by atoms with Crippen LogP contribution in [-0.2, 0) is 16.0 Å². The normalized spacial score (nSPS) is 11.3. The average molecular weight is 400 g/mol. The number of carbonyl (C=O) groups is 2. The Hall–Kier alpha value is -2.73. The van der Waals surface area contributed by atoms with E-state index in [2.05, 4.69) is 31.8 Å². The Balaban J connectivity index is 1.71. The number of rotatable bonds is 7. The van der Waals surface area contributed by atoms with E-state index in [9.17, 15) is 9.59 Å². The molecule has 0 fully saturated rings. The number of carbonyl (C=O) groups excluding carboxylic acids is 2. The molecule has 0 atom stereocenters. The summed E-state index contributed by atoms with van der Waals surface area (Å²) in [5.41, 5.74) is 4.27. The highest BCUT2D eigenvalue weighted by atomic mass is 79.9. The standard InChI is InChI=1S/C19H18BrN3O2/c20-17(11-15-7-3-1-4-8-15)13-22-23-19(25)14-21-18(24)12-16-9-5-2-6-10-16/h1-11,13H,12,14H2,(H,21,24)(H,23,25)/b17-11-,22-13+. The molecule has 5 nitrogen and oxygen atoms in total. The molecular formula is C19H18BrN3O2. The van der Waals surface area contributed by atoms with Crippen molar-refractivity contribution >= 4 is 40.0 Å². The number of allylic oxidation sites excluding steroid dienone is 1. The minimum Gasteiger partial charge on any atom is -0.347 e. The molecule has 2 N–H and O–H groups in total. The molecule has 0 saturated carbocycles. The number of nitrogens with zero attached hydrogens (tertiary/aromatic N) is 1. The lowest BCUT2D eigenvalue weighted by molar-refractivity contribution is -0.125. The number of hydrogen-bond acceptors (Lipinski definition) is 3. The van der Waals surface area contributed by atoms with Gasteiger partial charge in [-0.1, -0.05) is 60.7 Å². The summed E-state index contributed by atoms with van der Waals surface area (Å²) >= 11 is 3.35. The summed E-state index contributed by atoms with van der Waals surface area (Å²) in [5, 5.41) is 6.40. The van der Waals surface area contributed by atoms with E-state index < -0.39 is 5.91 Å². The summed E-state index contributed by atoms with van der Waals surface area (Å²) in [6, 6.07) is 19.1. The second-order valence-electron chi connectivity index (χ2n) is 5.17. The number of amides is 2. The Kier molecular flexibility index (Phi) is 7.59. The van der Waals surface area contributed by atoms with E-state index in [1.807, 2.05) is 66.7 Å². The van der Waals surface area contributed by atoms with Crippen molar-refractivity contribution in [2.24, 2.45) is 5.10 Å². The first kappa shape index (κ1) is 18.6. The SMILES string of the molecule is O=C(Cc1ccccc1)NCC(=O)N/N=C/C(Br)=C/c1ccccc1. The van der Waals surface area contributed by atoms with Gasteiger partial charge in [-0.25, -0.2) is 5.43 Å². The molecule has 128 valence electrons. The molecule has 6 heteroatoms. The van der Waals surface area contributed by atoms with E-state index in [4.69, 9.17) is 0 Å². The van der Waals surface area contributed by atoms with E-state index in [1.54, 1.807) is 0 Å². The van der Waals surface area contributed by atoms with Crippen molar-refractivity contribution in [2.75, 3.05) is 6.54 Å². The zero-order valence-electron chi connectivity index (χ0n) is 13.5. The fraction of sp³-hybridized carbons (Fsp3) is 0.105. The monoisotopic (exact) mass is 399 g/mol. The molecule has 2 amide bonds. The molecule has 25 heavy (non-hydrogen) atoms. The zero-order chi connectivity index (χ0) is 17.9. The maximum atomic E-state index is 11.8. The van der Waals surface area contributed by atoms with Crippen LogP contribution in [0.3, 0.4) is 0 Å². The quantitative estimate of drug-likeness (QED) is 0.554. The third-order valence-electron chi connectivity index (χ3n) is 3.13. The summed E-state index contributed by atoms with van der Waals surface area (Å²) in [7, 11) is 0. The Bertz CT molecular complexity index is 759. The van der Waals surface area contributed by atoms with Crippen molar-refractivity contribution in [1.82, 2.24) is 10.7 Å². The number of hydrazone groups is 1. The van der Waals surface area contributed by atoms with Gasteiger partial charge < -0.3 is 5.32 Å². The molecule has 2 aromatic carbocycles. The first-order valence-electron chi connectivity index (χ1n) is 7.68. The van der Waals surface area contributed by atoms with Crippen molar-refractivity contribution in [3.05, 3.63) is 76.3 Å². The highest BCUT2D eigenvalue weighted by Crippen LogP contribution is 2.09. The first-order valence-corrected chi connectivity index (χ1v) is 8.47. The van der Waals surface area contributed by atoms with Gasteiger partial charge in [-0.2, -0.15) is 5.10 Å². The topological polar surface area (TPSA) is 70.6 Å². The largest absolute Gasteiger partial charge is 0.347 e. The molecule has 2 rings (SSSR count). The third kappa shape index (κ3) is 7.58. The van der Waals surface area contributed by atoms with E-state index in [-0.39, 0.29) is 18.9 Å². The molecule has 0 heterocycles. The highest BCUT2D eigenvalue weighted by molar-refractivity contribution is 9.12. The van der Waals surface area contributed by atoms with Gasteiger partial charge in [0.25, 0.3) is 5.91 Å². The number of halogens is 1. The van der Waals surface area contributed by atoms with E-state index in [1.165, 1.54) is 6.21 Å². The highest BCUT2D eigenvalue weighted by Gasteiger charge is 2.05. The van der Waals surface area contributed by atoms with Crippen LogP contribution in [0, 0.1) is 0 Å². The van der Waals surface area contributed by atoms with Gasteiger partial charge in [-0.3, -0.25) is 9.59 Å². The molecule has 0 spiro atoms. The van der Waals surface area contributed by atoms with Gasteiger partial charge in [-0.15, -0.1) is 0 Å². The summed E-state index contributed by atoms with van der Waals surface area (Å²) in [6.45, 7) is -0.122. The van der Waals surface area contributed by atoms with Crippen LogP contribution >= 0.6 is 15.9 Å². The molecule has 0 aromatic heterocycles. The van der Waals surface area contributed by atoms with Crippen molar-refractivity contribution in [2.45, 2.75) is 6.42 Å². The maximum absolute atomic E-state index is 11.8. The Morgan fingerprint density at radius 2 is 1.60 bits per heavy atom. The fourth-order valence-electron chi connectivity index (χ4n) is 1.97. The summed E-state index contributed by atoms with van der Waals surface area (Å²) in [5.74, 6) is -0.604. The van der Waals surface area contributed by atoms with Crippen LogP contribution in [0.25, 0.3) is 6.08 Å². The molecule has 0 radical (unpaired) electrons. The van der Waals surface area contributed by atoms with Gasteiger partial charge >= 0.3 is 0 Å². The van der Waals surface area contributed by atoms with E-state index >= 15 is 0 Å². The summed E-state index contributed by atoms with van der Waals surface area (Å²) < 4.78 is 0.715. The first-order chi connectivity index (χ1) is 12.1. The predicted octanol–water partition coefficient (Wildman–Crippen LogP) is 2.88. The van der Waals surface area contributed by atoms with Crippen LogP contribution < -0.4 is 10.7 Å². The lowest BCUT2D eigenvalue weighted by Gasteiger charge is -2.04. The second-order valence-corrected chi connectivity index (χ2v) is 6.09. The third-order valence-corrected chi connectivity index (χ3v) is 3.57. The maximum Gasteiger partial charge on any atom is 0.259 e. The molecular weight excluding hydrogens is 382 g/mol. The second kappa shape index (κ2) is 10.2. The predicted molar refractivity (Wildman–Crippen MR) is 103 cm³/mol.